The fraction of sp³-hybridized carbons (Fsp3) is 1.00. The monoisotopic (exact) mass is 803 g/mol. The van der Waals surface area contributed by atoms with Gasteiger partial charge in [0.15, 0.2) is 0 Å². The Labute approximate surface area is 292 Å². The van der Waals surface area contributed by atoms with Gasteiger partial charge in [0, 0.05) is 26.2 Å². The number of hydrogen-bond donors (Lipinski definition) is 3. The summed E-state index contributed by atoms with van der Waals surface area (Å²) in [5, 5.41) is 3.03. The third-order valence-electron chi connectivity index (χ3n) is 0.642. The van der Waals surface area contributed by atoms with Crippen molar-refractivity contribution in [2.75, 3.05) is 26.2 Å². The van der Waals surface area contributed by atoms with Gasteiger partial charge in [0.2, 0.25) is 0 Å². The van der Waals surface area contributed by atoms with Crippen LogP contribution < -0.4 is 16.8 Å². The van der Waals surface area contributed by atoms with Crippen LogP contribution in [0, 0.1) is 0 Å². The van der Waals surface area contributed by atoms with Gasteiger partial charge < -0.3 is 31.1 Å². The molecule has 64 valence electrons. The SMILES string of the molecule is NCCNCCN.[Ba+2].[Ba+2].[Ba+2].[Ba+2].[Ba+2].[H-].[H-].[H-].[H-].[H-].[H-].[H-].[H-].[H-].[H-]. The van der Waals surface area contributed by atoms with E-state index in [0.717, 1.165) is 13.1 Å². The Morgan fingerprint density at radius 1 is 0.750 bits per heavy atom. The zero-order valence-electron chi connectivity index (χ0n) is 18.0. The molecule has 0 aliphatic carbocycles. The van der Waals surface area contributed by atoms with Crippen molar-refractivity contribution >= 4 is 244 Å². The van der Waals surface area contributed by atoms with Crippen molar-refractivity contribution in [3.63, 3.8) is 0 Å². The average molecular weight is 800 g/mol. The molecular formula is C4H23Ba5N3. The number of rotatable bonds is 4. The van der Waals surface area contributed by atoms with Crippen LogP contribution in [0.2, 0.25) is 0 Å². The van der Waals surface area contributed by atoms with Gasteiger partial charge in [0.05, 0.1) is 0 Å². The summed E-state index contributed by atoms with van der Waals surface area (Å²) in [6, 6.07) is 0. The second-order valence-corrected chi connectivity index (χ2v) is 1.33. The predicted molar refractivity (Wildman–Crippen MR) is 70.9 cm³/mol. The van der Waals surface area contributed by atoms with Gasteiger partial charge in [-0.25, -0.2) is 0 Å². The zero-order chi connectivity index (χ0) is 5.54. The Balaban J connectivity index is -0.00000000171. The molecule has 12 heavy (non-hydrogen) atoms. The van der Waals surface area contributed by atoms with Crippen molar-refractivity contribution in [1.82, 2.24) is 5.32 Å². The van der Waals surface area contributed by atoms with Gasteiger partial charge in [-0.1, -0.05) is 0 Å². The molecule has 0 spiro atoms. The van der Waals surface area contributed by atoms with Crippen LogP contribution in [-0.4, -0.2) is 271 Å². The molecule has 0 heterocycles. The van der Waals surface area contributed by atoms with Gasteiger partial charge in [-0.15, -0.1) is 0 Å². The molecule has 0 saturated heterocycles. The maximum absolute atomic E-state index is 5.17. The Morgan fingerprint density at radius 3 is 1.17 bits per heavy atom. The third kappa shape index (κ3) is 36.1. The second kappa shape index (κ2) is 36.3. The maximum Gasteiger partial charge on any atom is 2.00 e. The van der Waals surface area contributed by atoms with Crippen LogP contribution >= 0.6 is 0 Å². The summed E-state index contributed by atoms with van der Waals surface area (Å²) in [5.41, 5.74) is 10.3. The van der Waals surface area contributed by atoms with Crippen LogP contribution in [0.3, 0.4) is 0 Å². The van der Waals surface area contributed by atoms with E-state index in [1.54, 1.807) is 0 Å². The van der Waals surface area contributed by atoms with E-state index >= 15 is 0 Å². The van der Waals surface area contributed by atoms with Crippen LogP contribution in [0.1, 0.15) is 14.3 Å². The molecule has 0 aliphatic rings. The zero-order valence-corrected chi connectivity index (χ0v) is 30.2. The minimum absolute atomic E-state index is 0. The quantitative estimate of drug-likeness (QED) is 0.222. The molecule has 0 atom stereocenters. The molecule has 0 aromatic carbocycles. The van der Waals surface area contributed by atoms with E-state index in [2.05, 4.69) is 5.32 Å². The molecule has 3 nitrogen and oxygen atoms in total. The summed E-state index contributed by atoms with van der Waals surface area (Å²) in [6.45, 7) is 3.13. The topological polar surface area (TPSA) is 64.1 Å². The summed E-state index contributed by atoms with van der Waals surface area (Å²) in [5.74, 6) is 0. The molecule has 0 aromatic rings. The third-order valence-corrected chi connectivity index (χ3v) is 0.642. The van der Waals surface area contributed by atoms with E-state index in [1.807, 2.05) is 0 Å². The van der Waals surface area contributed by atoms with Crippen LogP contribution in [0.4, 0.5) is 0 Å². The molecule has 0 radical (unpaired) electrons. The van der Waals surface area contributed by atoms with E-state index in [9.17, 15) is 0 Å². The summed E-state index contributed by atoms with van der Waals surface area (Å²) in [6.07, 6.45) is 0. The fourth-order valence-corrected chi connectivity index (χ4v) is 0.329. The minimum Gasteiger partial charge on any atom is -1.00 e. The number of nitrogens with one attached hydrogen (secondary N) is 1. The molecule has 0 rings (SSSR count). The molecule has 5 N–H and O–H groups in total. The molecular weight excluding hydrogens is 777 g/mol. The Kier molecular flexibility index (Phi) is 111. The van der Waals surface area contributed by atoms with E-state index in [4.69, 9.17) is 11.5 Å². The van der Waals surface area contributed by atoms with E-state index in [-0.39, 0.29) is 259 Å². The molecule has 0 amide bonds. The first-order valence-electron chi connectivity index (χ1n) is 2.52. The van der Waals surface area contributed by atoms with Gasteiger partial charge in [0.1, 0.15) is 0 Å². The van der Waals surface area contributed by atoms with Crippen LogP contribution in [0.25, 0.3) is 0 Å². The maximum atomic E-state index is 5.17. The smallest absolute Gasteiger partial charge is 1.00 e. The van der Waals surface area contributed by atoms with Crippen LogP contribution in [0.15, 0.2) is 0 Å². The van der Waals surface area contributed by atoms with E-state index in [1.165, 1.54) is 0 Å². The van der Waals surface area contributed by atoms with Gasteiger partial charge in [-0.05, 0) is 0 Å². The molecule has 0 aliphatic heterocycles. The van der Waals surface area contributed by atoms with Crippen molar-refractivity contribution in [3.05, 3.63) is 0 Å². The van der Waals surface area contributed by atoms with Crippen LogP contribution in [-0.2, 0) is 0 Å². The molecule has 0 bridgehead atoms. The largest absolute Gasteiger partial charge is 2.00 e. The first-order chi connectivity index (χ1) is 3.41. The molecule has 0 saturated carbocycles. The Morgan fingerprint density at radius 2 is 1.00 bits per heavy atom. The first-order valence-corrected chi connectivity index (χ1v) is 2.52. The fourth-order valence-electron chi connectivity index (χ4n) is 0.329. The van der Waals surface area contributed by atoms with Crippen molar-refractivity contribution < 1.29 is 14.3 Å². The minimum atomic E-state index is 0. The van der Waals surface area contributed by atoms with Gasteiger partial charge in [-0.2, -0.15) is 0 Å². The van der Waals surface area contributed by atoms with E-state index < -0.39 is 0 Å². The standard InChI is InChI=1S/C4H13N3.5Ba.10H/c5-1-3-7-4-2-6;;;;;;;;;;;;;;;/h7H,1-6H2;;;;;;;;;;;;;;;/q;5*+2;10*-1. The Hall–Kier alpha value is 7.74. The second-order valence-electron chi connectivity index (χ2n) is 1.33. The summed E-state index contributed by atoms with van der Waals surface area (Å²) in [4.78, 5) is 0. The van der Waals surface area contributed by atoms with Crippen molar-refractivity contribution in [1.29, 1.82) is 0 Å². The molecule has 0 fully saturated rings. The Bertz CT molecular complexity index is 59.7. The first kappa shape index (κ1) is 36.7. The number of nitrogens with two attached hydrogens (primary N) is 2. The van der Waals surface area contributed by atoms with Gasteiger partial charge >= 0.3 is 244 Å². The summed E-state index contributed by atoms with van der Waals surface area (Å²) in [7, 11) is 0. The predicted octanol–water partition coefficient (Wildman–Crippen LogP) is -2.29. The summed E-state index contributed by atoms with van der Waals surface area (Å²) >= 11 is 0. The van der Waals surface area contributed by atoms with Crippen molar-refractivity contribution in [3.8, 4) is 0 Å². The number of hydrogen-bond acceptors (Lipinski definition) is 3. The summed E-state index contributed by atoms with van der Waals surface area (Å²) < 4.78 is 0. The van der Waals surface area contributed by atoms with Crippen LogP contribution in [0.5, 0.6) is 0 Å². The molecule has 0 aromatic heterocycles. The van der Waals surface area contributed by atoms with Gasteiger partial charge in [-0.3, -0.25) is 0 Å². The van der Waals surface area contributed by atoms with Crippen molar-refractivity contribution in [2.24, 2.45) is 11.5 Å². The normalized spacial score (nSPS) is 5.50. The van der Waals surface area contributed by atoms with E-state index in [0.29, 0.717) is 13.1 Å². The molecule has 0 unspecified atom stereocenters. The average Bonchev–Trinajstić information content (AvgIpc) is 1.69. The molecule has 8 heteroatoms. The van der Waals surface area contributed by atoms with Gasteiger partial charge in [0.25, 0.3) is 0 Å². The van der Waals surface area contributed by atoms with Crippen molar-refractivity contribution in [2.45, 2.75) is 0 Å².